The first kappa shape index (κ1) is 19.6. The van der Waals surface area contributed by atoms with Crippen LogP contribution in [0.25, 0.3) is 12.2 Å². The van der Waals surface area contributed by atoms with Crippen molar-refractivity contribution in [2.45, 2.75) is 32.1 Å². The summed E-state index contributed by atoms with van der Waals surface area (Å²) in [5.41, 5.74) is 0.491. The molecule has 2 aromatic rings. The molecule has 0 atom stereocenters. The van der Waals surface area contributed by atoms with E-state index in [9.17, 15) is 19.8 Å². The third-order valence-corrected chi connectivity index (χ3v) is 5.30. The predicted octanol–water partition coefficient (Wildman–Crippen LogP) is 4.91. The predicted molar refractivity (Wildman–Crippen MR) is 110 cm³/mol. The molecule has 1 aliphatic carbocycles. The number of hydrogen-bond acceptors (Lipinski definition) is 4. The highest BCUT2D eigenvalue weighted by Crippen LogP contribution is 2.39. The van der Waals surface area contributed by atoms with Crippen molar-refractivity contribution in [2.24, 2.45) is 5.41 Å². The van der Waals surface area contributed by atoms with Gasteiger partial charge in [0, 0.05) is 0 Å². The average molecular weight is 376 g/mol. The fraction of sp³-hybridized carbons (Fsp3) is 0.250. The zero-order chi connectivity index (χ0) is 20.0. The first-order chi connectivity index (χ1) is 13.5. The van der Waals surface area contributed by atoms with Gasteiger partial charge in [-0.05, 0) is 48.3 Å². The normalized spacial score (nSPS) is 16.4. The Hall–Kier alpha value is -3.14. The molecule has 0 aliphatic heterocycles. The number of hydrogen-bond donors (Lipinski definition) is 2. The van der Waals surface area contributed by atoms with Gasteiger partial charge >= 0.3 is 0 Å². The molecule has 144 valence electrons. The van der Waals surface area contributed by atoms with E-state index in [0.29, 0.717) is 18.4 Å². The van der Waals surface area contributed by atoms with Gasteiger partial charge in [0.05, 0.1) is 5.41 Å². The van der Waals surface area contributed by atoms with Crippen LogP contribution >= 0.6 is 0 Å². The van der Waals surface area contributed by atoms with E-state index in [1.807, 2.05) is 30.3 Å². The van der Waals surface area contributed by atoms with Gasteiger partial charge in [-0.2, -0.15) is 0 Å². The van der Waals surface area contributed by atoms with Crippen LogP contribution in [0.5, 0.6) is 11.5 Å². The zero-order valence-corrected chi connectivity index (χ0v) is 15.7. The van der Waals surface area contributed by atoms with Crippen LogP contribution in [0.2, 0.25) is 0 Å². The molecule has 3 rings (SSSR count). The Morgan fingerprint density at radius 1 is 0.750 bits per heavy atom. The number of carbonyl (C=O) groups is 2. The number of rotatable bonds is 6. The average Bonchev–Trinajstić information content (AvgIpc) is 2.73. The molecule has 4 heteroatoms. The third-order valence-electron chi connectivity index (χ3n) is 5.30. The topological polar surface area (TPSA) is 74.6 Å². The summed E-state index contributed by atoms with van der Waals surface area (Å²) in [5.74, 6) is -0.820. The molecule has 4 nitrogen and oxygen atoms in total. The van der Waals surface area contributed by atoms with E-state index in [4.69, 9.17) is 0 Å². The molecule has 0 amide bonds. The Kier molecular flexibility index (Phi) is 6.09. The van der Waals surface area contributed by atoms with Gasteiger partial charge in [0.15, 0.2) is 23.1 Å². The number of aromatic hydroxyl groups is 2. The zero-order valence-electron chi connectivity index (χ0n) is 15.7. The molecule has 2 N–H and O–H groups in total. The standard InChI is InChI=1S/C24H24O4/c25-20-12-9-19(17-21(20)26)11-14-23(28)24(15-5-2-6-16-24)22(27)13-10-18-7-3-1-4-8-18/h1,3-4,7-14,17,25-26H,2,5-6,15-16H2/b13-10+,14-11+. The second-order valence-electron chi connectivity index (χ2n) is 7.20. The maximum atomic E-state index is 13.0. The highest BCUT2D eigenvalue weighted by Gasteiger charge is 2.43. The van der Waals surface area contributed by atoms with Gasteiger partial charge in [-0.1, -0.05) is 67.8 Å². The lowest BCUT2D eigenvalue weighted by Gasteiger charge is -2.32. The lowest BCUT2D eigenvalue weighted by molar-refractivity contribution is -0.137. The van der Waals surface area contributed by atoms with Crippen molar-refractivity contribution in [3.63, 3.8) is 0 Å². The first-order valence-corrected chi connectivity index (χ1v) is 9.53. The number of benzene rings is 2. The fourth-order valence-electron chi connectivity index (χ4n) is 3.64. The van der Waals surface area contributed by atoms with Crippen LogP contribution in [-0.2, 0) is 9.59 Å². The van der Waals surface area contributed by atoms with E-state index in [2.05, 4.69) is 0 Å². The Balaban J connectivity index is 1.82. The number of carbonyl (C=O) groups excluding carboxylic acids is 2. The van der Waals surface area contributed by atoms with E-state index in [-0.39, 0.29) is 23.1 Å². The second kappa shape index (κ2) is 8.70. The largest absolute Gasteiger partial charge is 0.504 e. The molecule has 1 saturated carbocycles. The summed E-state index contributed by atoms with van der Waals surface area (Å²) < 4.78 is 0. The van der Waals surface area contributed by atoms with Crippen molar-refractivity contribution in [1.29, 1.82) is 0 Å². The number of phenols is 2. The van der Waals surface area contributed by atoms with Crippen molar-refractivity contribution in [2.75, 3.05) is 0 Å². The Bertz CT molecular complexity index is 903. The summed E-state index contributed by atoms with van der Waals surface area (Å²) in [5, 5.41) is 19.0. The molecular weight excluding hydrogens is 352 g/mol. The minimum absolute atomic E-state index is 0.153. The summed E-state index contributed by atoms with van der Waals surface area (Å²) >= 11 is 0. The molecule has 0 bridgehead atoms. The summed E-state index contributed by atoms with van der Waals surface area (Å²) in [4.78, 5) is 26.1. The quantitative estimate of drug-likeness (QED) is 0.427. The summed E-state index contributed by atoms with van der Waals surface area (Å²) in [6.07, 6.45) is 10.1. The Morgan fingerprint density at radius 3 is 1.96 bits per heavy atom. The van der Waals surface area contributed by atoms with Crippen LogP contribution in [0.3, 0.4) is 0 Å². The van der Waals surface area contributed by atoms with E-state index < -0.39 is 5.41 Å². The van der Waals surface area contributed by atoms with Gasteiger partial charge in [0.2, 0.25) is 0 Å². The monoisotopic (exact) mass is 376 g/mol. The van der Waals surface area contributed by atoms with Crippen molar-refractivity contribution >= 4 is 23.7 Å². The number of ketones is 2. The van der Waals surface area contributed by atoms with Crippen LogP contribution in [-0.4, -0.2) is 21.8 Å². The third kappa shape index (κ3) is 4.39. The molecule has 1 aliphatic rings. The molecule has 0 unspecified atom stereocenters. The van der Waals surface area contributed by atoms with E-state index in [1.165, 1.54) is 24.3 Å². The maximum absolute atomic E-state index is 13.0. The first-order valence-electron chi connectivity index (χ1n) is 9.53. The van der Waals surface area contributed by atoms with Crippen molar-refractivity contribution in [3.05, 3.63) is 71.8 Å². The molecule has 1 fully saturated rings. The van der Waals surface area contributed by atoms with Crippen molar-refractivity contribution in [3.8, 4) is 11.5 Å². The molecule has 0 heterocycles. The summed E-state index contributed by atoms with van der Waals surface area (Å²) in [6.45, 7) is 0. The smallest absolute Gasteiger partial charge is 0.169 e. The molecule has 0 saturated heterocycles. The summed E-state index contributed by atoms with van der Waals surface area (Å²) in [7, 11) is 0. The Morgan fingerprint density at radius 2 is 1.36 bits per heavy atom. The van der Waals surface area contributed by atoms with E-state index in [1.54, 1.807) is 18.2 Å². The number of phenolic OH excluding ortho intramolecular Hbond substituents is 2. The molecule has 0 aromatic heterocycles. The van der Waals surface area contributed by atoms with Gasteiger partial charge in [0.1, 0.15) is 0 Å². The van der Waals surface area contributed by atoms with Gasteiger partial charge in [-0.15, -0.1) is 0 Å². The molecular formula is C24H24O4. The minimum atomic E-state index is -1.01. The van der Waals surface area contributed by atoms with Gasteiger partial charge < -0.3 is 10.2 Å². The van der Waals surface area contributed by atoms with Crippen molar-refractivity contribution in [1.82, 2.24) is 0 Å². The lowest BCUT2D eigenvalue weighted by Crippen LogP contribution is -2.39. The fourth-order valence-corrected chi connectivity index (χ4v) is 3.64. The van der Waals surface area contributed by atoms with Crippen LogP contribution in [0.1, 0.15) is 43.2 Å². The maximum Gasteiger partial charge on any atom is 0.169 e. The van der Waals surface area contributed by atoms with Crippen LogP contribution in [0, 0.1) is 5.41 Å². The molecule has 0 radical (unpaired) electrons. The van der Waals surface area contributed by atoms with Crippen LogP contribution in [0.15, 0.2) is 60.7 Å². The highest BCUT2D eigenvalue weighted by molar-refractivity contribution is 6.17. The van der Waals surface area contributed by atoms with Gasteiger partial charge in [-0.25, -0.2) is 0 Å². The Labute approximate surface area is 164 Å². The number of allylic oxidation sites excluding steroid dienone is 2. The van der Waals surface area contributed by atoms with Gasteiger partial charge in [-0.3, -0.25) is 9.59 Å². The lowest BCUT2D eigenvalue weighted by atomic mass is 9.68. The van der Waals surface area contributed by atoms with E-state index in [0.717, 1.165) is 24.8 Å². The molecule has 28 heavy (non-hydrogen) atoms. The van der Waals surface area contributed by atoms with E-state index >= 15 is 0 Å². The minimum Gasteiger partial charge on any atom is -0.504 e. The molecule has 2 aromatic carbocycles. The van der Waals surface area contributed by atoms with Crippen molar-refractivity contribution < 1.29 is 19.8 Å². The van der Waals surface area contributed by atoms with Crippen LogP contribution < -0.4 is 0 Å². The molecule has 0 spiro atoms. The second-order valence-corrected chi connectivity index (χ2v) is 7.20. The van der Waals surface area contributed by atoms with Crippen LogP contribution in [0.4, 0.5) is 0 Å². The summed E-state index contributed by atoms with van der Waals surface area (Å²) in [6, 6.07) is 13.9. The highest BCUT2D eigenvalue weighted by atomic mass is 16.3. The van der Waals surface area contributed by atoms with Gasteiger partial charge in [0.25, 0.3) is 0 Å². The SMILES string of the molecule is O=C(/C=C/c1ccccc1)C1(C(=O)/C=C/c2ccc(O)c(O)c2)CCCCC1.